The molecule has 1 saturated heterocycles. The van der Waals surface area contributed by atoms with Gasteiger partial charge >= 0.3 is 0 Å². The largest absolute Gasteiger partial charge is 0.378 e. The number of rotatable bonds is 4. The SMILES string of the molecule is CCc1nc(CN2CCOCC2C(N)=O)no1. The van der Waals surface area contributed by atoms with Gasteiger partial charge in [-0.25, -0.2) is 0 Å². The third-order valence-electron chi connectivity index (χ3n) is 2.72. The maximum atomic E-state index is 11.3. The second kappa shape index (κ2) is 5.24. The number of morpholine rings is 1. The van der Waals surface area contributed by atoms with E-state index in [2.05, 4.69) is 10.1 Å². The number of hydrogen-bond donors (Lipinski definition) is 1. The summed E-state index contributed by atoms with van der Waals surface area (Å²) in [7, 11) is 0. The number of aryl methyl sites for hydroxylation is 1. The van der Waals surface area contributed by atoms with Crippen molar-refractivity contribution in [3.8, 4) is 0 Å². The minimum atomic E-state index is -0.410. The summed E-state index contributed by atoms with van der Waals surface area (Å²) in [5.41, 5.74) is 5.32. The van der Waals surface area contributed by atoms with E-state index in [0.717, 1.165) is 0 Å². The van der Waals surface area contributed by atoms with Crippen molar-refractivity contribution in [1.29, 1.82) is 0 Å². The van der Waals surface area contributed by atoms with Gasteiger partial charge in [-0.3, -0.25) is 9.69 Å². The minimum absolute atomic E-state index is 0.327. The summed E-state index contributed by atoms with van der Waals surface area (Å²) >= 11 is 0. The van der Waals surface area contributed by atoms with E-state index >= 15 is 0 Å². The maximum absolute atomic E-state index is 11.3. The van der Waals surface area contributed by atoms with Gasteiger partial charge in [0, 0.05) is 13.0 Å². The van der Waals surface area contributed by atoms with Crippen LogP contribution in [-0.4, -0.2) is 46.7 Å². The number of primary amides is 1. The van der Waals surface area contributed by atoms with E-state index in [-0.39, 0.29) is 5.91 Å². The Morgan fingerprint density at radius 1 is 1.65 bits per heavy atom. The highest BCUT2D eigenvalue weighted by Gasteiger charge is 2.28. The first-order valence-electron chi connectivity index (χ1n) is 5.63. The lowest BCUT2D eigenvalue weighted by atomic mass is 10.2. The van der Waals surface area contributed by atoms with Crippen molar-refractivity contribution in [2.24, 2.45) is 5.73 Å². The number of nitrogens with two attached hydrogens (primary N) is 1. The monoisotopic (exact) mass is 240 g/mol. The molecule has 1 aromatic heterocycles. The second-order valence-electron chi connectivity index (χ2n) is 3.92. The van der Waals surface area contributed by atoms with Gasteiger partial charge in [0.2, 0.25) is 11.8 Å². The smallest absolute Gasteiger partial charge is 0.237 e. The first kappa shape index (κ1) is 12.0. The lowest BCUT2D eigenvalue weighted by Crippen LogP contribution is -2.51. The van der Waals surface area contributed by atoms with Crippen molar-refractivity contribution in [3.05, 3.63) is 11.7 Å². The summed E-state index contributed by atoms with van der Waals surface area (Å²) in [5.74, 6) is 0.794. The molecule has 1 aromatic rings. The molecule has 0 saturated carbocycles. The van der Waals surface area contributed by atoms with Gasteiger partial charge in [-0.1, -0.05) is 12.1 Å². The van der Waals surface area contributed by atoms with Crippen molar-refractivity contribution in [2.75, 3.05) is 19.8 Å². The average Bonchev–Trinajstić information content (AvgIpc) is 2.77. The Bertz CT molecular complexity index is 393. The Kier molecular flexibility index (Phi) is 3.70. The van der Waals surface area contributed by atoms with E-state index in [0.29, 0.717) is 44.4 Å². The van der Waals surface area contributed by atoms with E-state index in [1.54, 1.807) is 0 Å². The number of carbonyl (C=O) groups excluding carboxylic acids is 1. The molecule has 0 aliphatic carbocycles. The molecule has 1 aliphatic heterocycles. The molecule has 1 unspecified atom stereocenters. The average molecular weight is 240 g/mol. The quantitative estimate of drug-likeness (QED) is 0.749. The molecule has 94 valence electrons. The lowest BCUT2D eigenvalue weighted by molar-refractivity contribution is -0.129. The van der Waals surface area contributed by atoms with Gasteiger partial charge in [-0.2, -0.15) is 4.98 Å². The van der Waals surface area contributed by atoms with E-state index in [9.17, 15) is 4.79 Å². The molecular formula is C10H16N4O3. The molecule has 7 heteroatoms. The van der Waals surface area contributed by atoms with Crippen molar-refractivity contribution in [1.82, 2.24) is 15.0 Å². The van der Waals surface area contributed by atoms with Crippen LogP contribution in [0.15, 0.2) is 4.52 Å². The van der Waals surface area contributed by atoms with Crippen molar-refractivity contribution >= 4 is 5.91 Å². The normalized spacial score (nSPS) is 21.6. The van der Waals surface area contributed by atoms with Crippen LogP contribution in [0, 0.1) is 0 Å². The zero-order chi connectivity index (χ0) is 12.3. The van der Waals surface area contributed by atoms with E-state index in [1.165, 1.54) is 0 Å². The van der Waals surface area contributed by atoms with Gasteiger partial charge in [0.05, 0.1) is 19.8 Å². The van der Waals surface area contributed by atoms with Crippen molar-refractivity contribution < 1.29 is 14.1 Å². The molecule has 2 heterocycles. The predicted molar refractivity (Wildman–Crippen MR) is 57.9 cm³/mol. The van der Waals surface area contributed by atoms with Crippen LogP contribution in [0.5, 0.6) is 0 Å². The summed E-state index contributed by atoms with van der Waals surface area (Å²) in [6.45, 7) is 3.96. The molecular weight excluding hydrogens is 224 g/mol. The van der Waals surface area contributed by atoms with E-state index in [4.69, 9.17) is 15.0 Å². The first-order chi connectivity index (χ1) is 8.20. The number of nitrogens with zero attached hydrogens (tertiary/aromatic N) is 3. The van der Waals surface area contributed by atoms with Crippen LogP contribution in [0.3, 0.4) is 0 Å². The van der Waals surface area contributed by atoms with Gasteiger partial charge in [0.25, 0.3) is 0 Å². The molecule has 2 rings (SSSR count). The Hall–Kier alpha value is -1.47. The summed E-state index contributed by atoms with van der Waals surface area (Å²) in [4.78, 5) is 17.4. The Balaban J connectivity index is 2.02. The van der Waals surface area contributed by atoms with Crippen LogP contribution in [0.2, 0.25) is 0 Å². The minimum Gasteiger partial charge on any atom is -0.378 e. The van der Waals surface area contributed by atoms with Crippen LogP contribution in [0.1, 0.15) is 18.6 Å². The third kappa shape index (κ3) is 2.80. The zero-order valence-electron chi connectivity index (χ0n) is 9.76. The summed E-state index contributed by atoms with van der Waals surface area (Å²) in [6, 6.07) is -0.410. The summed E-state index contributed by atoms with van der Waals surface area (Å²) < 4.78 is 10.2. The molecule has 0 aromatic carbocycles. The summed E-state index contributed by atoms with van der Waals surface area (Å²) in [6.07, 6.45) is 0.704. The second-order valence-corrected chi connectivity index (χ2v) is 3.92. The van der Waals surface area contributed by atoms with Crippen molar-refractivity contribution in [2.45, 2.75) is 25.9 Å². The topological polar surface area (TPSA) is 94.5 Å². The molecule has 0 radical (unpaired) electrons. The third-order valence-corrected chi connectivity index (χ3v) is 2.72. The van der Waals surface area contributed by atoms with Crippen LogP contribution < -0.4 is 5.73 Å². The Morgan fingerprint density at radius 2 is 2.47 bits per heavy atom. The highest BCUT2D eigenvalue weighted by molar-refractivity contribution is 5.80. The van der Waals surface area contributed by atoms with Gasteiger partial charge < -0.3 is 15.0 Å². The molecule has 1 aliphatic rings. The molecule has 0 bridgehead atoms. The first-order valence-corrected chi connectivity index (χ1v) is 5.63. The predicted octanol–water partition coefficient (Wildman–Crippen LogP) is -0.682. The van der Waals surface area contributed by atoms with E-state index < -0.39 is 6.04 Å². The molecule has 1 amide bonds. The maximum Gasteiger partial charge on any atom is 0.237 e. The fourth-order valence-corrected chi connectivity index (χ4v) is 1.77. The summed E-state index contributed by atoms with van der Waals surface area (Å²) in [5, 5.41) is 3.85. The number of carbonyl (C=O) groups is 1. The molecule has 1 fully saturated rings. The van der Waals surface area contributed by atoms with Crippen molar-refractivity contribution in [3.63, 3.8) is 0 Å². The van der Waals surface area contributed by atoms with Crippen LogP contribution >= 0.6 is 0 Å². The number of ether oxygens (including phenoxy) is 1. The molecule has 17 heavy (non-hydrogen) atoms. The Morgan fingerprint density at radius 3 is 3.12 bits per heavy atom. The van der Waals surface area contributed by atoms with Gasteiger partial charge in [0.15, 0.2) is 5.82 Å². The van der Waals surface area contributed by atoms with Crippen LogP contribution in [0.25, 0.3) is 0 Å². The fraction of sp³-hybridized carbons (Fsp3) is 0.700. The fourth-order valence-electron chi connectivity index (χ4n) is 1.77. The Labute approximate surface area is 98.9 Å². The van der Waals surface area contributed by atoms with Gasteiger partial charge in [0.1, 0.15) is 6.04 Å². The number of hydrogen-bond acceptors (Lipinski definition) is 6. The number of amides is 1. The molecule has 7 nitrogen and oxygen atoms in total. The highest BCUT2D eigenvalue weighted by Crippen LogP contribution is 2.10. The van der Waals surface area contributed by atoms with Gasteiger partial charge in [-0.15, -0.1) is 0 Å². The standard InChI is InChI=1S/C10H16N4O3/c1-2-9-12-8(13-17-9)5-14-3-4-16-6-7(14)10(11)15/h7H,2-6H2,1H3,(H2,11,15). The zero-order valence-corrected chi connectivity index (χ0v) is 9.76. The number of aromatic nitrogens is 2. The van der Waals surface area contributed by atoms with Crippen LogP contribution in [0.4, 0.5) is 0 Å². The lowest BCUT2D eigenvalue weighted by Gasteiger charge is -2.32. The highest BCUT2D eigenvalue weighted by atomic mass is 16.5. The molecule has 2 N–H and O–H groups in total. The van der Waals surface area contributed by atoms with Gasteiger partial charge in [-0.05, 0) is 0 Å². The molecule has 0 spiro atoms. The molecule has 1 atom stereocenters. The van der Waals surface area contributed by atoms with Crippen LogP contribution in [-0.2, 0) is 22.5 Å². The van der Waals surface area contributed by atoms with E-state index in [1.807, 2.05) is 11.8 Å².